The Hall–Kier alpha value is -3.33. The van der Waals surface area contributed by atoms with Crippen LogP contribution in [0.25, 0.3) is 34.1 Å². The minimum absolute atomic E-state index is 0.607. The van der Waals surface area contributed by atoms with Crippen LogP contribution < -0.4 is 4.90 Å². The molecule has 9 nitrogen and oxygen atoms in total. The van der Waals surface area contributed by atoms with Gasteiger partial charge in [0.2, 0.25) is 0 Å². The Balaban J connectivity index is 1.72. The predicted octanol–water partition coefficient (Wildman–Crippen LogP) is 2.15. The van der Waals surface area contributed by atoms with Crippen LogP contribution in [-0.4, -0.2) is 60.6 Å². The fourth-order valence-electron chi connectivity index (χ4n) is 3.57. The molecule has 0 saturated carbocycles. The van der Waals surface area contributed by atoms with Gasteiger partial charge in [0.25, 0.3) is 0 Å². The smallest absolute Gasteiger partial charge is 0.184 e. The Morgan fingerprint density at radius 3 is 2.55 bits per heavy atom. The second-order valence-electron chi connectivity index (χ2n) is 6.93. The number of ether oxygens (including phenoxy) is 1. The van der Waals surface area contributed by atoms with Crippen LogP contribution in [0.3, 0.4) is 0 Å². The monoisotopic (exact) mass is 390 g/mol. The first-order chi connectivity index (χ1) is 14.2. The van der Waals surface area contributed by atoms with Crippen LogP contribution in [0.4, 0.5) is 5.82 Å². The topological polar surface area (TPSA) is 86.8 Å². The minimum Gasteiger partial charge on any atom is -0.378 e. The summed E-state index contributed by atoms with van der Waals surface area (Å²) in [4.78, 5) is 21.0. The van der Waals surface area contributed by atoms with Gasteiger partial charge in [-0.05, 0) is 25.1 Å². The number of nitrogens with zero attached hydrogens (tertiary/aromatic N) is 8. The molecule has 4 aromatic rings. The maximum absolute atomic E-state index is 5.53. The molecule has 29 heavy (non-hydrogen) atoms. The molecule has 1 saturated heterocycles. The first-order valence-corrected chi connectivity index (χ1v) is 9.76. The third kappa shape index (κ3) is 3.13. The van der Waals surface area contributed by atoms with Gasteiger partial charge in [-0.15, -0.1) is 0 Å². The van der Waals surface area contributed by atoms with Crippen LogP contribution in [0.1, 0.15) is 6.92 Å². The van der Waals surface area contributed by atoms with E-state index in [0.29, 0.717) is 19.0 Å². The van der Waals surface area contributed by atoms with Gasteiger partial charge >= 0.3 is 0 Å². The van der Waals surface area contributed by atoms with Gasteiger partial charge in [0.05, 0.1) is 13.2 Å². The molecule has 4 aromatic heterocycles. The lowest BCUT2D eigenvalue weighted by Gasteiger charge is -2.28. The normalized spacial score (nSPS) is 14.6. The Kier molecular flexibility index (Phi) is 4.44. The van der Waals surface area contributed by atoms with Crippen LogP contribution in [0.15, 0.2) is 36.8 Å². The number of aryl methyl sites for hydroxylation is 2. The van der Waals surface area contributed by atoms with Crippen molar-refractivity contribution in [2.24, 2.45) is 7.05 Å². The van der Waals surface area contributed by atoms with E-state index in [-0.39, 0.29) is 0 Å². The van der Waals surface area contributed by atoms with Gasteiger partial charge in [0, 0.05) is 50.8 Å². The van der Waals surface area contributed by atoms with Crippen molar-refractivity contribution in [2.45, 2.75) is 13.5 Å². The van der Waals surface area contributed by atoms with Gasteiger partial charge in [0.15, 0.2) is 22.8 Å². The van der Waals surface area contributed by atoms with Crippen LogP contribution >= 0.6 is 0 Å². The fourth-order valence-corrected chi connectivity index (χ4v) is 3.57. The molecule has 148 valence electrons. The molecule has 0 atom stereocenters. The average molecular weight is 390 g/mol. The summed E-state index contributed by atoms with van der Waals surface area (Å²) in [5.74, 6) is 2.27. The van der Waals surface area contributed by atoms with Crippen molar-refractivity contribution in [3.8, 4) is 22.9 Å². The summed E-state index contributed by atoms with van der Waals surface area (Å²) in [5, 5.41) is 4.60. The van der Waals surface area contributed by atoms with E-state index in [2.05, 4.69) is 21.9 Å². The maximum atomic E-state index is 5.53. The molecular formula is C20H22N8O. The summed E-state index contributed by atoms with van der Waals surface area (Å²) in [6.07, 6.45) is 5.49. The van der Waals surface area contributed by atoms with Gasteiger partial charge in [-0.3, -0.25) is 9.67 Å². The summed E-state index contributed by atoms with van der Waals surface area (Å²) in [6, 6.07) is 5.85. The largest absolute Gasteiger partial charge is 0.378 e. The SMILES string of the molecule is CCn1ccc(-c2nc(N3CCOCC3)c3nc(-c4ccncc4)n(C)c3n2)n1. The van der Waals surface area contributed by atoms with Gasteiger partial charge in [0.1, 0.15) is 11.5 Å². The van der Waals surface area contributed by atoms with Crippen molar-refractivity contribution in [1.82, 2.24) is 34.3 Å². The van der Waals surface area contributed by atoms with Gasteiger partial charge < -0.3 is 14.2 Å². The first kappa shape index (κ1) is 17.7. The standard InChI is InChI=1S/C20H22N8O/c1-3-28-9-6-15(25-28)17-23-19-16(20(24-17)27-10-12-29-13-11-27)22-18(26(19)2)14-4-7-21-8-5-14/h4-9H,3,10-13H2,1-2H3. The van der Waals surface area contributed by atoms with E-state index in [1.807, 2.05) is 40.7 Å². The molecule has 5 rings (SSSR count). The van der Waals surface area contributed by atoms with Crippen molar-refractivity contribution in [3.63, 3.8) is 0 Å². The van der Waals surface area contributed by atoms with Crippen molar-refractivity contribution >= 4 is 17.0 Å². The summed E-state index contributed by atoms with van der Waals surface area (Å²) >= 11 is 0. The van der Waals surface area contributed by atoms with Crippen LogP contribution in [0.2, 0.25) is 0 Å². The van der Waals surface area contributed by atoms with Gasteiger partial charge in [-0.2, -0.15) is 5.10 Å². The zero-order chi connectivity index (χ0) is 19.8. The quantitative estimate of drug-likeness (QED) is 0.528. The van der Waals surface area contributed by atoms with E-state index in [1.54, 1.807) is 12.4 Å². The maximum Gasteiger partial charge on any atom is 0.184 e. The van der Waals surface area contributed by atoms with Crippen LogP contribution in [0.5, 0.6) is 0 Å². The van der Waals surface area contributed by atoms with E-state index in [9.17, 15) is 0 Å². The second-order valence-corrected chi connectivity index (χ2v) is 6.93. The highest BCUT2D eigenvalue weighted by molar-refractivity contribution is 5.88. The third-order valence-corrected chi connectivity index (χ3v) is 5.14. The second kappa shape index (κ2) is 7.25. The van der Waals surface area contributed by atoms with Crippen LogP contribution in [-0.2, 0) is 18.3 Å². The predicted molar refractivity (Wildman–Crippen MR) is 109 cm³/mol. The highest BCUT2D eigenvalue weighted by Gasteiger charge is 2.23. The molecule has 0 radical (unpaired) electrons. The zero-order valence-electron chi connectivity index (χ0n) is 16.5. The summed E-state index contributed by atoms with van der Waals surface area (Å²) in [7, 11) is 1.98. The van der Waals surface area contributed by atoms with Crippen molar-refractivity contribution in [1.29, 1.82) is 0 Å². The Morgan fingerprint density at radius 1 is 1.03 bits per heavy atom. The van der Waals surface area contributed by atoms with E-state index in [0.717, 1.165) is 53.7 Å². The number of hydrogen-bond acceptors (Lipinski definition) is 7. The van der Waals surface area contributed by atoms with E-state index in [1.165, 1.54) is 0 Å². The number of hydrogen-bond donors (Lipinski definition) is 0. The Morgan fingerprint density at radius 2 is 1.83 bits per heavy atom. The highest BCUT2D eigenvalue weighted by atomic mass is 16.5. The number of anilines is 1. The molecule has 0 bridgehead atoms. The highest BCUT2D eigenvalue weighted by Crippen LogP contribution is 2.30. The lowest BCUT2D eigenvalue weighted by molar-refractivity contribution is 0.122. The number of imidazole rings is 1. The number of fused-ring (bicyclic) bond motifs is 1. The average Bonchev–Trinajstić information content (AvgIpc) is 3.39. The van der Waals surface area contributed by atoms with E-state index >= 15 is 0 Å². The lowest BCUT2D eigenvalue weighted by atomic mass is 10.2. The van der Waals surface area contributed by atoms with Crippen molar-refractivity contribution in [3.05, 3.63) is 36.8 Å². The number of rotatable bonds is 4. The molecule has 0 aliphatic carbocycles. The lowest BCUT2D eigenvalue weighted by Crippen LogP contribution is -2.37. The molecule has 0 spiro atoms. The summed E-state index contributed by atoms with van der Waals surface area (Å²) in [5.41, 5.74) is 3.33. The van der Waals surface area contributed by atoms with Crippen molar-refractivity contribution < 1.29 is 4.74 Å². The molecule has 1 fully saturated rings. The molecule has 5 heterocycles. The Labute approximate surface area is 168 Å². The molecule has 9 heteroatoms. The number of morpholine rings is 1. The number of aromatic nitrogens is 7. The minimum atomic E-state index is 0.607. The molecular weight excluding hydrogens is 368 g/mol. The molecule has 0 N–H and O–H groups in total. The molecule has 0 aromatic carbocycles. The van der Waals surface area contributed by atoms with E-state index in [4.69, 9.17) is 19.7 Å². The zero-order valence-corrected chi connectivity index (χ0v) is 16.5. The molecule has 1 aliphatic rings. The van der Waals surface area contributed by atoms with Crippen molar-refractivity contribution in [2.75, 3.05) is 31.2 Å². The van der Waals surface area contributed by atoms with E-state index < -0.39 is 0 Å². The van der Waals surface area contributed by atoms with Crippen LogP contribution in [0, 0.1) is 0 Å². The first-order valence-electron chi connectivity index (χ1n) is 9.76. The summed E-state index contributed by atoms with van der Waals surface area (Å²) in [6.45, 7) is 5.76. The molecule has 0 amide bonds. The van der Waals surface area contributed by atoms with Gasteiger partial charge in [-0.25, -0.2) is 15.0 Å². The van der Waals surface area contributed by atoms with Gasteiger partial charge in [-0.1, -0.05) is 0 Å². The molecule has 1 aliphatic heterocycles. The summed E-state index contributed by atoms with van der Waals surface area (Å²) < 4.78 is 9.42. The Bertz CT molecular complexity index is 1140. The fraction of sp³-hybridized carbons (Fsp3) is 0.350. The third-order valence-electron chi connectivity index (χ3n) is 5.14. The number of pyridine rings is 1. The molecule has 0 unspecified atom stereocenters.